The average molecular weight is 341 g/mol. The number of anilines is 1. The van der Waals surface area contributed by atoms with Gasteiger partial charge in [0.05, 0.1) is 10.4 Å². The van der Waals surface area contributed by atoms with E-state index >= 15 is 0 Å². The van der Waals surface area contributed by atoms with Crippen molar-refractivity contribution in [3.8, 4) is 0 Å². The quantitative estimate of drug-likeness (QED) is 0.841. The van der Waals surface area contributed by atoms with Gasteiger partial charge in [-0.05, 0) is 49.9 Å². The minimum atomic E-state index is -1.18. The number of benzene rings is 1. The molecular formula is C19H23N3OS. The molecule has 126 valence electrons. The minimum absolute atomic E-state index is 0.00204. The summed E-state index contributed by atoms with van der Waals surface area (Å²) in [6.07, 6.45) is 4.09. The molecule has 0 aliphatic carbocycles. The van der Waals surface area contributed by atoms with Crippen LogP contribution in [0.3, 0.4) is 0 Å². The zero-order valence-electron chi connectivity index (χ0n) is 14.2. The van der Waals surface area contributed by atoms with E-state index in [2.05, 4.69) is 52.3 Å². The Morgan fingerprint density at radius 2 is 2.08 bits per heavy atom. The molecule has 0 bridgehead atoms. The van der Waals surface area contributed by atoms with Gasteiger partial charge in [0.2, 0.25) is 0 Å². The fourth-order valence-corrected chi connectivity index (χ4v) is 5.38. The van der Waals surface area contributed by atoms with Gasteiger partial charge in [-0.25, -0.2) is 13.5 Å². The van der Waals surface area contributed by atoms with E-state index in [9.17, 15) is 4.21 Å². The lowest BCUT2D eigenvalue weighted by Crippen LogP contribution is -2.48. The third-order valence-electron chi connectivity index (χ3n) is 5.30. The Bertz CT molecular complexity index is 794. The average Bonchev–Trinajstić information content (AvgIpc) is 2.93. The zero-order chi connectivity index (χ0) is 16.7. The Morgan fingerprint density at radius 1 is 1.25 bits per heavy atom. The van der Waals surface area contributed by atoms with Crippen molar-refractivity contribution in [2.45, 2.75) is 43.7 Å². The highest BCUT2D eigenvalue weighted by atomic mass is 32.2. The Hall–Kier alpha value is -1.72. The summed E-state index contributed by atoms with van der Waals surface area (Å²) in [6, 6.07) is 12.2. The highest BCUT2D eigenvalue weighted by Crippen LogP contribution is 2.40. The van der Waals surface area contributed by atoms with Crippen molar-refractivity contribution in [3.63, 3.8) is 0 Å². The van der Waals surface area contributed by atoms with Gasteiger partial charge in [-0.1, -0.05) is 24.3 Å². The Morgan fingerprint density at radius 3 is 2.92 bits per heavy atom. The van der Waals surface area contributed by atoms with E-state index in [-0.39, 0.29) is 5.54 Å². The topological polar surface area (TPSA) is 36.4 Å². The van der Waals surface area contributed by atoms with Crippen LogP contribution >= 0.6 is 0 Å². The molecular weight excluding hydrogens is 318 g/mol. The standard InChI is InChI=1S/C19H23N3OS/c1-15-7-3-4-8-16(15)13-21-14-19(2)10-6-12-22(19)18-17(24(21)23)9-5-11-20-18/h3-5,7-9,11H,6,10,12-14H2,1-2H3. The molecule has 0 N–H and O–H groups in total. The van der Waals surface area contributed by atoms with E-state index in [4.69, 9.17) is 0 Å². The summed E-state index contributed by atoms with van der Waals surface area (Å²) >= 11 is 0. The molecule has 2 aromatic rings. The molecule has 1 saturated heterocycles. The van der Waals surface area contributed by atoms with Crippen molar-refractivity contribution >= 4 is 16.8 Å². The van der Waals surface area contributed by atoms with Crippen LogP contribution in [-0.2, 0) is 17.5 Å². The van der Waals surface area contributed by atoms with Crippen molar-refractivity contribution < 1.29 is 4.21 Å². The smallest absolute Gasteiger partial charge is 0.146 e. The number of pyridine rings is 1. The second kappa shape index (κ2) is 5.97. The maximum absolute atomic E-state index is 13.3. The molecule has 2 atom stereocenters. The fourth-order valence-electron chi connectivity index (χ4n) is 3.94. The van der Waals surface area contributed by atoms with Crippen LogP contribution in [0, 0.1) is 6.92 Å². The number of aromatic nitrogens is 1. The van der Waals surface area contributed by atoms with E-state index in [0.717, 1.165) is 36.6 Å². The number of hydrogen-bond acceptors (Lipinski definition) is 3. The monoisotopic (exact) mass is 341 g/mol. The molecule has 4 nitrogen and oxygen atoms in total. The van der Waals surface area contributed by atoms with Crippen molar-refractivity contribution in [2.24, 2.45) is 0 Å². The predicted octanol–water partition coefficient (Wildman–Crippen LogP) is 3.29. The van der Waals surface area contributed by atoms with E-state index in [1.165, 1.54) is 11.1 Å². The molecule has 0 saturated carbocycles. The van der Waals surface area contributed by atoms with Crippen LogP contribution in [0.15, 0.2) is 47.5 Å². The Balaban J connectivity index is 1.76. The summed E-state index contributed by atoms with van der Waals surface area (Å²) in [5.41, 5.74) is 2.49. The fraction of sp³-hybridized carbons (Fsp3) is 0.421. The maximum atomic E-state index is 13.3. The van der Waals surface area contributed by atoms with E-state index in [1.54, 1.807) is 0 Å². The first kappa shape index (κ1) is 15.8. The number of rotatable bonds is 2. The third kappa shape index (κ3) is 2.56. The highest BCUT2D eigenvalue weighted by Gasteiger charge is 2.44. The molecule has 0 amide bonds. The molecule has 3 heterocycles. The van der Waals surface area contributed by atoms with Crippen molar-refractivity contribution in [2.75, 3.05) is 18.0 Å². The normalized spacial score (nSPS) is 26.8. The first-order chi connectivity index (χ1) is 11.6. The molecule has 2 aliphatic heterocycles. The first-order valence-corrected chi connectivity index (χ1v) is 9.63. The Labute approximate surface area is 146 Å². The van der Waals surface area contributed by atoms with Gasteiger partial charge in [0.25, 0.3) is 0 Å². The predicted molar refractivity (Wildman–Crippen MR) is 97.2 cm³/mol. The van der Waals surface area contributed by atoms with Gasteiger partial charge >= 0.3 is 0 Å². The molecule has 1 aromatic carbocycles. The summed E-state index contributed by atoms with van der Waals surface area (Å²) < 4.78 is 15.4. The second-order valence-electron chi connectivity index (χ2n) is 7.05. The number of fused-ring (bicyclic) bond motifs is 3. The van der Waals surface area contributed by atoms with E-state index in [0.29, 0.717) is 6.54 Å². The van der Waals surface area contributed by atoms with Crippen LogP contribution in [0.1, 0.15) is 30.9 Å². The lowest BCUT2D eigenvalue weighted by molar-refractivity contribution is 0.330. The number of nitrogens with zero attached hydrogens (tertiary/aromatic N) is 3. The van der Waals surface area contributed by atoms with Crippen LogP contribution in [0.4, 0.5) is 5.82 Å². The summed E-state index contributed by atoms with van der Waals surface area (Å²) in [5, 5.41) is 0. The number of hydrogen-bond donors (Lipinski definition) is 0. The molecule has 0 spiro atoms. The minimum Gasteiger partial charge on any atom is -0.349 e. The number of aryl methyl sites for hydroxylation is 1. The van der Waals surface area contributed by atoms with Crippen LogP contribution in [-0.4, -0.2) is 32.1 Å². The molecule has 1 fully saturated rings. The van der Waals surface area contributed by atoms with Gasteiger partial charge in [-0.15, -0.1) is 0 Å². The summed E-state index contributed by atoms with van der Waals surface area (Å²) in [4.78, 5) is 7.80. The van der Waals surface area contributed by atoms with Crippen LogP contribution < -0.4 is 4.90 Å². The molecule has 1 aromatic heterocycles. The van der Waals surface area contributed by atoms with Crippen molar-refractivity contribution in [1.82, 2.24) is 9.29 Å². The van der Waals surface area contributed by atoms with E-state index < -0.39 is 11.0 Å². The molecule has 2 aliphatic rings. The van der Waals surface area contributed by atoms with Gasteiger partial charge in [-0.3, -0.25) is 0 Å². The van der Waals surface area contributed by atoms with Gasteiger partial charge in [0, 0.05) is 25.8 Å². The zero-order valence-corrected chi connectivity index (χ0v) is 15.1. The largest absolute Gasteiger partial charge is 0.349 e. The second-order valence-corrected chi connectivity index (χ2v) is 8.51. The summed E-state index contributed by atoms with van der Waals surface area (Å²) in [5.74, 6) is 0.906. The van der Waals surface area contributed by atoms with Gasteiger partial charge < -0.3 is 4.90 Å². The van der Waals surface area contributed by atoms with Crippen LogP contribution in [0.5, 0.6) is 0 Å². The molecule has 0 radical (unpaired) electrons. The highest BCUT2D eigenvalue weighted by molar-refractivity contribution is 7.82. The van der Waals surface area contributed by atoms with Gasteiger partial charge in [-0.2, -0.15) is 0 Å². The molecule has 5 heteroatoms. The summed E-state index contributed by atoms with van der Waals surface area (Å²) in [7, 11) is -1.18. The lowest BCUT2D eigenvalue weighted by atomic mass is 9.98. The summed E-state index contributed by atoms with van der Waals surface area (Å²) in [6.45, 7) is 6.90. The molecule has 24 heavy (non-hydrogen) atoms. The molecule has 4 rings (SSSR count). The Kier molecular flexibility index (Phi) is 3.93. The van der Waals surface area contributed by atoms with Crippen molar-refractivity contribution in [1.29, 1.82) is 0 Å². The van der Waals surface area contributed by atoms with Gasteiger partial charge in [0.1, 0.15) is 16.8 Å². The van der Waals surface area contributed by atoms with Crippen LogP contribution in [0.2, 0.25) is 0 Å². The van der Waals surface area contributed by atoms with Crippen molar-refractivity contribution in [3.05, 3.63) is 53.7 Å². The first-order valence-electron chi connectivity index (χ1n) is 8.52. The SMILES string of the molecule is Cc1ccccc1CN1CC2(C)CCCN2c2ncccc2S1=O. The maximum Gasteiger partial charge on any atom is 0.146 e. The van der Waals surface area contributed by atoms with Crippen LogP contribution in [0.25, 0.3) is 0 Å². The van der Waals surface area contributed by atoms with E-state index in [1.807, 2.05) is 18.3 Å². The third-order valence-corrected chi connectivity index (χ3v) is 6.72. The van der Waals surface area contributed by atoms with Gasteiger partial charge in [0.15, 0.2) is 0 Å². The lowest BCUT2D eigenvalue weighted by Gasteiger charge is -2.36. The molecule has 2 unspecified atom stereocenters.